The van der Waals surface area contributed by atoms with E-state index in [2.05, 4.69) is 10.1 Å². The topological polar surface area (TPSA) is 65.1 Å². The molecule has 1 heterocycles. The molecule has 0 saturated carbocycles. The SMILES string of the molecule is N/C(=N\O)N1CCN(Cc2cccc(F)c2)CC1. The normalized spacial score (nSPS) is 18.1. The van der Waals surface area contributed by atoms with Crippen LogP contribution in [0.1, 0.15) is 5.56 Å². The predicted octanol–water partition coefficient (Wildman–Crippen LogP) is 0.647. The largest absolute Gasteiger partial charge is 0.408 e. The van der Waals surface area contributed by atoms with Gasteiger partial charge in [0.05, 0.1) is 0 Å². The minimum absolute atomic E-state index is 0.153. The Balaban J connectivity index is 1.87. The molecule has 1 aliphatic rings. The molecule has 18 heavy (non-hydrogen) atoms. The van der Waals surface area contributed by atoms with Gasteiger partial charge in [-0.25, -0.2) is 4.39 Å². The quantitative estimate of drug-likeness (QED) is 0.351. The molecule has 0 radical (unpaired) electrons. The highest BCUT2D eigenvalue weighted by molar-refractivity contribution is 5.77. The Kier molecular flexibility index (Phi) is 3.99. The van der Waals surface area contributed by atoms with E-state index < -0.39 is 0 Å². The van der Waals surface area contributed by atoms with Crippen LogP contribution in [0.5, 0.6) is 0 Å². The first-order valence-electron chi connectivity index (χ1n) is 5.88. The third kappa shape index (κ3) is 3.10. The van der Waals surface area contributed by atoms with E-state index in [9.17, 15) is 4.39 Å². The number of hydrogen-bond donors (Lipinski definition) is 2. The van der Waals surface area contributed by atoms with Crippen LogP contribution < -0.4 is 5.73 Å². The highest BCUT2D eigenvalue weighted by atomic mass is 19.1. The Morgan fingerprint density at radius 2 is 2.06 bits per heavy atom. The van der Waals surface area contributed by atoms with Gasteiger partial charge >= 0.3 is 0 Å². The number of nitrogens with two attached hydrogens (primary N) is 1. The lowest BCUT2D eigenvalue weighted by atomic mass is 10.2. The van der Waals surface area contributed by atoms with Crippen LogP contribution in [-0.4, -0.2) is 47.1 Å². The third-order valence-electron chi connectivity index (χ3n) is 3.09. The molecule has 3 N–H and O–H groups in total. The predicted molar refractivity (Wildman–Crippen MR) is 66.7 cm³/mol. The van der Waals surface area contributed by atoms with Gasteiger partial charge in [0.2, 0.25) is 5.96 Å². The van der Waals surface area contributed by atoms with Crippen LogP contribution in [0.15, 0.2) is 29.4 Å². The number of benzene rings is 1. The maximum absolute atomic E-state index is 13.0. The first-order chi connectivity index (χ1) is 8.69. The van der Waals surface area contributed by atoms with E-state index in [1.165, 1.54) is 6.07 Å². The van der Waals surface area contributed by atoms with Crippen LogP contribution in [0, 0.1) is 5.82 Å². The molecule has 2 rings (SSSR count). The van der Waals surface area contributed by atoms with Crippen molar-refractivity contribution in [3.63, 3.8) is 0 Å². The molecular formula is C12H17FN4O. The number of rotatable bonds is 2. The van der Waals surface area contributed by atoms with Crippen LogP contribution in [0.2, 0.25) is 0 Å². The van der Waals surface area contributed by atoms with Gasteiger partial charge in [-0.1, -0.05) is 17.3 Å². The smallest absolute Gasteiger partial charge is 0.233 e. The second-order valence-electron chi connectivity index (χ2n) is 4.35. The summed E-state index contributed by atoms with van der Waals surface area (Å²) in [5.41, 5.74) is 6.49. The minimum atomic E-state index is -0.206. The molecule has 0 aromatic heterocycles. The second-order valence-corrected chi connectivity index (χ2v) is 4.35. The van der Waals surface area contributed by atoms with Crippen molar-refractivity contribution >= 4 is 5.96 Å². The van der Waals surface area contributed by atoms with Gasteiger partial charge in [0.1, 0.15) is 5.82 Å². The minimum Gasteiger partial charge on any atom is -0.408 e. The van der Waals surface area contributed by atoms with Gasteiger partial charge in [-0.2, -0.15) is 0 Å². The molecule has 1 aromatic rings. The van der Waals surface area contributed by atoms with Crippen LogP contribution in [0.3, 0.4) is 0 Å². The number of hydrogen-bond acceptors (Lipinski definition) is 3. The fourth-order valence-electron chi connectivity index (χ4n) is 2.09. The van der Waals surface area contributed by atoms with E-state index in [0.29, 0.717) is 13.1 Å². The Hall–Kier alpha value is -1.82. The first-order valence-corrected chi connectivity index (χ1v) is 5.88. The fourth-order valence-corrected chi connectivity index (χ4v) is 2.09. The van der Waals surface area contributed by atoms with Gasteiger partial charge in [0.25, 0.3) is 0 Å². The Morgan fingerprint density at radius 1 is 1.33 bits per heavy atom. The number of guanidine groups is 1. The van der Waals surface area contributed by atoms with E-state index in [0.717, 1.165) is 25.2 Å². The van der Waals surface area contributed by atoms with E-state index in [1.807, 2.05) is 11.0 Å². The van der Waals surface area contributed by atoms with Crippen molar-refractivity contribution in [1.82, 2.24) is 9.80 Å². The molecule has 0 aliphatic carbocycles. The first kappa shape index (κ1) is 12.6. The van der Waals surface area contributed by atoms with Gasteiger partial charge in [-0.3, -0.25) is 4.90 Å². The van der Waals surface area contributed by atoms with Gasteiger partial charge in [-0.05, 0) is 17.7 Å². The standard InChI is InChI=1S/C12H17FN4O/c13-11-3-1-2-10(8-11)9-16-4-6-17(7-5-16)12(14)15-18/h1-3,8,18H,4-7,9H2,(H2,14,15). The molecule has 0 bridgehead atoms. The highest BCUT2D eigenvalue weighted by Gasteiger charge is 2.18. The number of oxime groups is 1. The van der Waals surface area contributed by atoms with Gasteiger partial charge in [0.15, 0.2) is 0 Å². The summed E-state index contributed by atoms with van der Waals surface area (Å²) in [4.78, 5) is 4.04. The molecule has 1 saturated heterocycles. The van der Waals surface area contributed by atoms with E-state index in [4.69, 9.17) is 10.9 Å². The van der Waals surface area contributed by atoms with Crippen molar-refractivity contribution < 1.29 is 9.60 Å². The average Bonchev–Trinajstić information content (AvgIpc) is 2.39. The van der Waals surface area contributed by atoms with E-state index in [1.54, 1.807) is 12.1 Å². The molecule has 98 valence electrons. The maximum Gasteiger partial charge on any atom is 0.233 e. The van der Waals surface area contributed by atoms with Gasteiger partial charge in [-0.15, -0.1) is 0 Å². The summed E-state index contributed by atoms with van der Waals surface area (Å²) in [5, 5.41) is 11.6. The van der Waals surface area contributed by atoms with E-state index >= 15 is 0 Å². The summed E-state index contributed by atoms with van der Waals surface area (Å²) in [6.07, 6.45) is 0. The summed E-state index contributed by atoms with van der Waals surface area (Å²) in [6, 6.07) is 6.63. The van der Waals surface area contributed by atoms with Gasteiger partial charge in [0, 0.05) is 32.7 Å². The monoisotopic (exact) mass is 252 g/mol. The van der Waals surface area contributed by atoms with Crippen molar-refractivity contribution in [3.8, 4) is 0 Å². The number of halogens is 1. The van der Waals surface area contributed by atoms with Crippen molar-refractivity contribution in [2.24, 2.45) is 10.9 Å². The summed E-state index contributed by atoms with van der Waals surface area (Å²) < 4.78 is 13.0. The van der Waals surface area contributed by atoms with Gasteiger partial charge < -0.3 is 15.8 Å². The summed E-state index contributed by atoms with van der Waals surface area (Å²) in [7, 11) is 0. The lowest BCUT2D eigenvalue weighted by Crippen LogP contribution is -2.50. The zero-order valence-corrected chi connectivity index (χ0v) is 10.1. The molecule has 1 aliphatic heterocycles. The third-order valence-corrected chi connectivity index (χ3v) is 3.09. The van der Waals surface area contributed by atoms with Crippen molar-refractivity contribution in [2.75, 3.05) is 26.2 Å². The Labute approximate surface area is 105 Å². The number of nitrogens with zero attached hydrogens (tertiary/aromatic N) is 3. The molecule has 5 nitrogen and oxygen atoms in total. The summed E-state index contributed by atoms with van der Waals surface area (Å²) >= 11 is 0. The zero-order valence-electron chi connectivity index (χ0n) is 10.1. The summed E-state index contributed by atoms with van der Waals surface area (Å²) in [5.74, 6) is -0.0526. The molecule has 0 atom stereocenters. The molecule has 0 spiro atoms. The molecule has 1 aromatic carbocycles. The highest BCUT2D eigenvalue weighted by Crippen LogP contribution is 2.09. The lowest BCUT2D eigenvalue weighted by molar-refractivity contribution is 0.169. The molecular weight excluding hydrogens is 235 g/mol. The van der Waals surface area contributed by atoms with Crippen LogP contribution in [0.25, 0.3) is 0 Å². The molecule has 0 amide bonds. The van der Waals surface area contributed by atoms with Crippen molar-refractivity contribution in [2.45, 2.75) is 6.54 Å². The van der Waals surface area contributed by atoms with Crippen molar-refractivity contribution in [3.05, 3.63) is 35.6 Å². The fraction of sp³-hybridized carbons (Fsp3) is 0.417. The van der Waals surface area contributed by atoms with Crippen LogP contribution in [-0.2, 0) is 6.54 Å². The van der Waals surface area contributed by atoms with Crippen molar-refractivity contribution in [1.29, 1.82) is 0 Å². The molecule has 1 fully saturated rings. The Morgan fingerprint density at radius 3 is 2.67 bits per heavy atom. The van der Waals surface area contributed by atoms with Crippen LogP contribution >= 0.6 is 0 Å². The second kappa shape index (κ2) is 5.68. The molecule has 6 heteroatoms. The Bertz CT molecular complexity index is 430. The number of piperazine rings is 1. The average molecular weight is 252 g/mol. The lowest BCUT2D eigenvalue weighted by Gasteiger charge is -2.34. The molecule has 0 unspecified atom stereocenters. The summed E-state index contributed by atoms with van der Waals surface area (Å²) in [6.45, 7) is 3.78. The van der Waals surface area contributed by atoms with Crippen LogP contribution in [0.4, 0.5) is 4.39 Å². The zero-order chi connectivity index (χ0) is 13.0. The van der Waals surface area contributed by atoms with E-state index in [-0.39, 0.29) is 11.8 Å². The maximum atomic E-state index is 13.0.